The van der Waals surface area contributed by atoms with E-state index in [2.05, 4.69) is 4.72 Å². The Morgan fingerprint density at radius 3 is 2.03 bits per heavy atom. The maximum absolute atomic E-state index is 13.3. The summed E-state index contributed by atoms with van der Waals surface area (Å²) in [6, 6.07) is 14.7. The van der Waals surface area contributed by atoms with E-state index in [4.69, 9.17) is 4.42 Å². The van der Waals surface area contributed by atoms with E-state index in [0.29, 0.717) is 11.1 Å². The standard InChI is InChI=1S/C25H23NO6S/c1-14-4-8-17(9-5-14)24(26-33(30,31)18-10-6-15(2)7-11-18)23-20(28)13-19(27)22-16(3)12-21(29)32-25(22)23/h4-13,24,26-28H,1-3H3. The van der Waals surface area contributed by atoms with Crippen LogP contribution in [0.3, 0.4) is 0 Å². The molecule has 1 heterocycles. The third kappa shape index (κ3) is 4.35. The maximum atomic E-state index is 13.3. The summed E-state index contributed by atoms with van der Waals surface area (Å²) in [7, 11) is -4.04. The Hall–Kier alpha value is -3.62. The molecular formula is C25H23NO6S. The van der Waals surface area contributed by atoms with Gasteiger partial charge in [-0.25, -0.2) is 13.2 Å². The molecule has 0 aliphatic carbocycles. The van der Waals surface area contributed by atoms with Gasteiger partial charge < -0.3 is 14.6 Å². The molecule has 0 radical (unpaired) electrons. The second-order valence-electron chi connectivity index (χ2n) is 8.06. The van der Waals surface area contributed by atoms with Gasteiger partial charge in [0, 0.05) is 12.1 Å². The number of aryl methyl sites for hydroxylation is 3. The van der Waals surface area contributed by atoms with E-state index in [-0.39, 0.29) is 27.2 Å². The third-order valence-corrected chi connectivity index (χ3v) is 6.95. The van der Waals surface area contributed by atoms with Gasteiger partial charge in [0.2, 0.25) is 10.0 Å². The molecule has 1 aromatic heterocycles. The van der Waals surface area contributed by atoms with Crippen LogP contribution in [0.1, 0.15) is 33.9 Å². The van der Waals surface area contributed by atoms with Gasteiger partial charge in [-0.1, -0.05) is 47.5 Å². The van der Waals surface area contributed by atoms with Crippen molar-refractivity contribution in [1.82, 2.24) is 4.72 Å². The van der Waals surface area contributed by atoms with Crippen molar-refractivity contribution in [3.8, 4) is 11.5 Å². The highest BCUT2D eigenvalue weighted by atomic mass is 32.2. The average Bonchev–Trinajstić information content (AvgIpc) is 2.73. The van der Waals surface area contributed by atoms with Crippen molar-refractivity contribution in [1.29, 1.82) is 0 Å². The number of phenolic OH excluding ortho intramolecular Hbond substituents is 2. The molecule has 0 saturated heterocycles. The first-order chi connectivity index (χ1) is 15.6. The largest absolute Gasteiger partial charge is 0.507 e. The lowest BCUT2D eigenvalue weighted by atomic mass is 9.94. The van der Waals surface area contributed by atoms with E-state index in [9.17, 15) is 23.4 Å². The zero-order chi connectivity index (χ0) is 23.9. The molecule has 170 valence electrons. The molecule has 4 aromatic rings. The highest BCUT2D eigenvalue weighted by molar-refractivity contribution is 7.89. The molecule has 0 amide bonds. The first kappa shape index (κ1) is 22.6. The van der Waals surface area contributed by atoms with Gasteiger partial charge in [0.05, 0.1) is 21.9 Å². The minimum atomic E-state index is -4.04. The molecule has 3 N–H and O–H groups in total. The summed E-state index contributed by atoms with van der Waals surface area (Å²) in [5.74, 6) is -0.692. The van der Waals surface area contributed by atoms with Crippen molar-refractivity contribution in [2.45, 2.75) is 31.7 Å². The molecule has 33 heavy (non-hydrogen) atoms. The van der Waals surface area contributed by atoms with Gasteiger partial charge in [0.25, 0.3) is 0 Å². The van der Waals surface area contributed by atoms with Crippen molar-refractivity contribution < 1.29 is 23.0 Å². The van der Waals surface area contributed by atoms with Crippen molar-refractivity contribution in [3.63, 3.8) is 0 Å². The minimum absolute atomic E-state index is 0.0307. The van der Waals surface area contributed by atoms with Crippen LogP contribution in [0.25, 0.3) is 11.0 Å². The topological polar surface area (TPSA) is 117 Å². The smallest absolute Gasteiger partial charge is 0.336 e. The summed E-state index contributed by atoms with van der Waals surface area (Å²) in [6.07, 6.45) is 0. The second-order valence-corrected chi connectivity index (χ2v) is 9.77. The van der Waals surface area contributed by atoms with Gasteiger partial charge in [0.1, 0.15) is 11.5 Å². The molecule has 4 rings (SSSR count). The monoisotopic (exact) mass is 465 g/mol. The molecule has 0 saturated carbocycles. The van der Waals surface area contributed by atoms with Crippen LogP contribution in [-0.4, -0.2) is 18.6 Å². The average molecular weight is 466 g/mol. The van der Waals surface area contributed by atoms with E-state index in [1.54, 1.807) is 31.2 Å². The highest BCUT2D eigenvalue weighted by Gasteiger charge is 2.29. The molecule has 3 aromatic carbocycles. The van der Waals surface area contributed by atoms with Crippen molar-refractivity contribution >= 4 is 21.0 Å². The minimum Gasteiger partial charge on any atom is -0.507 e. The second kappa shape index (κ2) is 8.38. The summed E-state index contributed by atoms with van der Waals surface area (Å²) >= 11 is 0. The van der Waals surface area contributed by atoms with Gasteiger partial charge in [-0.05, 0) is 44.0 Å². The lowest BCUT2D eigenvalue weighted by Crippen LogP contribution is -2.30. The predicted octanol–water partition coefficient (Wildman–Crippen LogP) is 4.20. The van der Waals surface area contributed by atoms with Gasteiger partial charge in [-0.3, -0.25) is 0 Å². The van der Waals surface area contributed by atoms with Crippen LogP contribution in [0.4, 0.5) is 0 Å². The molecular weight excluding hydrogens is 442 g/mol. The fourth-order valence-electron chi connectivity index (χ4n) is 3.78. The fraction of sp³-hybridized carbons (Fsp3) is 0.160. The zero-order valence-electron chi connectivity index (χ0n) is 18.3. The van der Waals surface area contributed by atoms with Crippen molar-refractivity contribution in [3.05, 3.63) is 98.9 Å². The first-order valence-corrected chi connectivity index (χ1v) is 11.7. The fourth-order valence-corrected chi connectivity index (χ4v) is 4.98. The number of aromatic hydroxyl groups is 2. The zero-order valence-corrected chi connectivity index (χ0v) is 19.1. The molecule has 7 nitrogen and oxygen atoms in total. The van der Waals surface area contributed by atoms with Crippen LogP contribution in [0.5, 0.6) is 11.5 Å². The van der Waals surface area contributed by atoms with E-state index in [1.807, 2.05) is 26.0 Å². The maximum Gasteiger partial charge on any atom is 0.336 e. The Morgan fingerprint density at radius 2 is 1.42 bits per heavy atom. The Balaban J connectivity index is 1.99. The number of hydrogen-bond donors (Lipinski definition) is 3. The van der Waals surface area contributed by atoms with E-state index < -0.39 is 27.4 Å². The lowest BCUT2D eigenvalue weighted by Gasteiger charge is -2.22. The number of phenols is 2. The highest BCUT2D eigenvalue weighted by Crippen LogP contribution is 2.41. The number of fused-ring (bicyclic) bond motifs is 1. The molecule has 1 atom stereocenters. The van der Waals surface area contributed by atoms with Crippen molar-refractivity contribution in [2.24, 2.45) is 0 Å². The van der Waals surface area contributed by atoms with Crippen LogP contribution >= 0.6 is 0 Å². The summed E-state index contributed by atoms with van der Waals surface area (Å²) in [5, 5.41) is 21.4. The summed E-state index contributed by atoms with van der Waals surface area (Å²) < 4.78 is 34.6. The van der Waals surface area contributed by atoms with Crippen LogP contribution in [0, 0.1) is 20.8 Å². The lowest BCUT2D eigenvalue weighted by molar-refractivity contribution is 0.441. The number of rotatable bonds is 5. The Morgan fingerprint density at radius 1 is 0.848 bits per heavy atom. The number of benzene rings is 3. The van der Waals surface area contributed by atoms with Crippen LogP contribution < -0.4 is 10.3 Å². The molecule has 0 aliphatic rings. The summed E-state index contributed by atoms with van der Waals surface area (Å²) in [4.78, 5) is 12.2. The number of nitrogens with one attached hydrogen (secondary N) is 1. The van der Waals surface area contributed by atoms with Crippen LogP contribution in [0.15, 0.2) is 74.8 Å². The van der Waals surface area contributed by atoms with Gasteiger partial charge in [0.15, 0.2) is 5.58 Å². The van der Waals surface area contributed by atoms with E-state index in [1.165, 1.54) is 18.2 Å². The van der Waals surface area contributed by atoms with E-state index >= 15 is 0 Å². The molecule has 0 spiro atoms. The molecule has 0 bridgehead atoms. The Kier molecular flexibility index (Phi) is 5.73. The molecule has 8 heteroatoms. The number of sulfonamides is 1. The molecule has 1 unspecified atom stereocenters. The first-order valence-electron chi connectivity index (χ1n) is 10.2. The summed E-state index contributed by atoms with van der Waals surface area (Å²) in [5.41, 5.74) is 2.07. The van der Waals surface area contributed by atoms with Gasteiger partial charge in [-0.15, -0.1) is 0 Å². The quantitative estimate of drug-likeness (QED) is 0.381. The van der Waals surface area contributed by atoms with Gasteiger partial charge >= 0.3 is 5.63 Å². The SMILES string of the molecule is Cc1ccc(C(NS(=O)(=O)c2ccc(C)cc2)c2c(O)cc(O)c3c(C)cc(=O)oc23)cc1. The van der Waals surface area contributed by atoms with Gasteiger partial charge in [-0.2, -0.15) is 4.72 Å². The molecule has 0 aliphatic heterocycles. The summed E-state index contributed by atoms with van der Waals surface area (Å²) in [6.45, 7) is 5.37. The number of hydrogen-bond acceptors (Lipinski definition) is 6. The van der Waals surface area contributed by atoms with E-state index in [0.717, 1.165) is 17.2 Å². The van der Waals surface area contributed by atoms with Crippen molar-refractivity contribution in [2.75, 3.05) is 0 Å². The van der Waals surface area contributed by atoms with Crippen LogP contribution in [0.2, 0.25) is 0 Å². The third-order valence-electron chi connectivity index (χ3n) is 5.51. The normalized spacial score (nSPS) is 12.7. The molecule has 0 fully saturated rings. The predicted molar refractivity (Wildman–Crippen MR) is 125 cm³/mol. The Labute approximate surface area is 191 Å². The van der Waals surface area contributed by atoms with Crippen LogP contribution in [-0.2, 0) is 10.0 Å². The Bertz CT molecular complexity index is 1500.